The number of halogens is 3. The van der Waals surface area contributed by atoms with Crippen LogP contribution in [0.4, 0.5) is 13.2 Å². The maximum atomic E-state index is 12.7. The number of nitrogens with one attached hydrogen (secondary N) is 1. The van der Waals surface area contributed by atoms with Crippen LogP contribution in [0, 0.1) is 0 Å². The molecule has 0 aliphatic heterocycles. The van der Waals surface area contributed by atoms with Gasteiger partial charge in [-0.05, 0) is 42.8 Å². The Balaban J connectivity index is 1.98. The highest BCUT2D eigenvalue weighted by molar-refractivity contribution is 5.94. The molecular weight excluding hydrogens is 347 g/mol. The highest BCUT2D eigenvalue weighted by Gasteiger charge is 2.31. The van der Waals surface area contributed by atoms with Crippen molar-refractivity contribution in [2.75, 3.05) is 13.7 Å². The van der Waals surface area contributed by atoms with Crippen LogP contribution in [0.5, 0.6) is 5.75 Å². The number of alkyl halides is 3. The van der Waals surface area contributed by atoms with Crippen LogP contribution in [-0.2, 0) is 12.6 Å². The van der Waals surface area contributed by atoms with Crippen LogP contribution >= 0.6 is 0 Å². The van der Waals surface area contributed by atoms with E-state index in [0.29, 0.717) is 5.75 Å². The van der Waals surface area contributed by atoms with E-state index in [1.54, 1.807) is 38.3 Å². The second kappa shape index (κ2) is 7.78. The van der Waals surface area contributed by atoms with Crippen molar-refractivity contribution in [1.82, 2.24) is 5.32 Å². The minimum atomic E-state index is -4.52. The van der Waals surface area contributed by atoms with Crippen molar-refractivity contribution < 1.29 is 27.8 Å². The summed E-state index contributed by atoms with van der Waals surface area (Å²) in [5, 5.41) is 12.9. The highest BCUT2D eigenvalue weighted by atomic mass is 19.4. The van der Waals surface area contributed by atoms with Gasteiger partial charge in [-0.25, -0.2) is 0 Å². The van der Waals surface area contributed by atoms with Gasteiger partial charge in [0.15, 0.2) is 0 Å². The Morgan fingerprint density at radius 2 is 1.81 bits per heavy atom. The fourth-order valence-corrected chi connectivity index (χ4v) is 2.46. The molecule has 0 heterocycles. The van der Waals surface area contributed by atoms with E-state index >= 15 is 0 Å². The van der Waals surface area contributed by atoms with Gasteiger partial charge in [-0.2, -0.15) is 13.2 Å². The predicted octanol–water partition coefficient (Wildman–Crippen LogP) is 3.44. The minimum absolute atomic E-state index is 0.103. The quantitative estimate of drug-likeness (QED) is 0.822. The van der Waals surface area contributed by atoms with Gasteiger partial charge >= 0.3 is 6.18 Å². The van der Waals surface area contributed by atoms with Crippen molar-refractivity contribution in [3.05, 3.63) is 65.2 Å². The van der Waals surface area contributed by atoms with Gasteiger partial charge in [0.1, 0.15) is 5.75 Å². The first-order valence-electron chi connectivity index (χ1n) is 7.91. The molecule has 1 amide bonds. The summed E-state index contributed by atoms with van der Waals surface area (Å²) < 4.78 is 43.2. The van der Waals surface area contributed by atoms with Crippen LogP contribution < -0.4 is 10.1 Å². The second-order valence-electron chi connectivity index (χ2n) is 6.28. The normalized spacial score (nSPS) is 13.8. The molecule has 7 heteroatoms. The van der Waals surface area contributed by atoms with Gasteiger partial charge < -0.3 is 15.2 Å². The summed E-state index contributed by atoms with van der Waals surface area (Å²) in [5.41, 5.74) is -1.43. The number of aliphatic hydroxyl groups is 1. The van der Waals surface area contributed by atoms with E-state index in [4.69, 9.17) is 4.74 Å². The first-order chi connectivity index (χ1) is 12.1. The van der Waals surface area contributed by atoms with Gasteiger partial charge in [-0.1, -0.05) is 18.2 Å². The zero-order chi connectivity index (χ0) is 19.4. The fourth-order valence-electron chi connectivity index (χ4n) is 2.46. The van der Waals surface area contributed by atoms with Crippen molar-refractivity contribution in [2.45, 2.75) is 25.1 Å². The number of hydrogen-bond acceptors (Lipinski definition) is 3. The van der Waals surface area contributed by atoms with E-state index < -0.39 is 23.2 Å². The summed E-state index contributed by atoms with van der Waals surface area (Å²) >= 11 is 0. The molecule has 4 nitrogen and oxygen atoms in total. The number of hydrogen-bond donors (Lipinski definition) is 2. The lowest BCUT2D eigenvalue weighted by atomic mass is 9.96. The van der Waals surface area contributed by atoms with E-state index in [2.05, 4.69) is 5.32 Å². The van der Waals surface area contributed by atoms with Gasteiger partial charge in [-0.15, -0.1) is 0 Å². The molecule has 2 aromatic rings. The topological polar surface area (TPSA) is 58.6 Å². The summed E-state index contributed by atoms with van der Waals surface area (Å²) in [5.74, 6) is 0.0114. The van der Waals surface area contributed by atoms with Crippen LogP contribution in [0.15, 0.2) is 48.5 Å². The molecule has 2 rings (SSSR count). The standard InChI is InChI=1S/C19H20F3NO3/c1-18(25,11-13-6-8-16(26-2)9-7-13)12-23-17(24)14-4-3-5-15(10-14)19(20,21)22/h3-10,25H,11-12H2,1-2H3,(H,23,24)/t18-/m0/s1. The number of carbonyl (C=O) groups excluding carboxylic acids is 1. The average molecular weight is 367 g/mol. The van der Waals surface area contributed by atoms with Crippen molar-refractivity contribution >= 4 is 5.91 Å². The maximum Gasteiger partial charge on any atom is 0.416 e. The van der Waals surface area contributed by atoms with Crippen LogP contribution in [0.1, 0.15) is 28.4 Å². The monoisotopic (exact) mass is 367 g/mol. The van der Waals surface area contributed by atoms with Gasteiger partial charge in [0, 0.05) is 18.5 Å². The number of ether oxygens (including phenoxy) is 1. The van der Waals surface area contributed by atoms with Crippen LogP contribution in [0.2, 0.25) is 0 Å². The minimum Gasteiger partial charge on any atom is -0.497 e. The largest absolute Gasteiger partial charge is 0.497 e. The SMILES string of the molecule is COc1ccc(C[C@](C)(O)CNC(=O)c2cccc(C(F)(F)F)c2)cc1. The van der Waals surface area contributed by atoms with Gasteiger partial charge in [0.25, 0.3) is 5.91 Å². The molecule has 0 unspecified atom stereocenters. The molecule has 2 aromatic carbocycles. The molecule has 1 atom stereocenters. The van der Waals surface area contributed by atoms with Gasteiger partial charge in [-0.3, -0.25) is 4.79 Å². The molecule has 2 N–H and O–H groups in total. The molecular formula is C19H20F3NO3. The van der Waals surface area contributed by atoms with E-state index in [1.807, 2.05) is 0 Å². The van der Waals surface area contributed by atoms with E-state index in [9.17, 15) is 23.1 Å². The fraction of sp³-hybridized carbons (Fsp3) is 0.316. The smallest absolute Gasteiger partial charge is 0.416 e. The molecule has 26 heavy (non-hydrogen) atoms. The predicted molar refractivity (Wildman–Crippen MR) is 91.1 cm³/mol. The maximum absolute atomic E-state index is 12.7. The molecule has 0 spiro atoms. The molecule has 0 radical (unpaired) electrons. The zero-order valence-electron chi connectivity index (χ0n) is 14.4. The molecule has 0 aromatic heterocycles. The summed E-state index contributed by atoms with van der Waals surface area (Å²) in [6.45, 7) is 1.44. The first-order valence-corrected chi connectivity index (χ1v) is 7.91. The van der Waals surface area contributed by atoms with E-state index in [0.717, 1.165) is 17.7 Å². The third-order valence-electron chi connectivity index (χ3n) is 3.83. The van der Waals surface area contributed by atoms with Crippen molar-refractivity contribution in [3.8, 4) is 5.75 Å². The lowest BCUT2D eigenvalue weighted by molar-refractivity contribution is -0.137. The number of rotatable bonds is 6. The third kappa shape index (κ3) is 5.49. The van der Waals surface area contributed by atoms with Crippen LogP contribution in [-0.4, -0.2) is 30.3 Å². The summed E-state index contributed by atoms with van der Waals surface area (Å²) in [6.07, 6.45) is -4.25. The molecule has 0 aliphatic rings. The van der Waals surface area contributed by atoms with Gasteiger partial charge in [0.2, 0.25) is 0 Å². The lowest BCUT2D eigenvalue weighted by Crippen LogP contribution is -2.42. The van der Waals surface area contributed by atoms with E-state index in [-0.39, 0.29) is 18.5 Å². The highest BCUT2D eigenvalue weighted by Crippen LogP contribution is 2.29. The summed E-state index contributed by atoms with van der Waals surface area (Å²) in [7, 11) is 1.55. The van der Waals surface area contributed by atoms with E-state index in [1.165, 1.54) is 12.1 Å². The number of carbonyl (C=O) groups is 1. The van der Waals surface area contributed by atoms with Gasteiger partial charge in [0.05, 0.1) is 18.3 Å². The lowest BCUT2D eigenvalue weighted by Gasteiger charge is -2.24. The number of methoxy groups -OCH3 is 1. The second-order valence-corrected chi connectivity index (χ2v) is 6.28. The summed E-state index contributed by atoms with van der Waals surface area (Å²) in [4.78, 5) is 12.1. The van der Waals surface area contributed by atoms with Crippen LogP contribution in [0.3, 0.4) is 0 Å². The molecule has 0 fully saturated rings. The molecule has 140 valence electrons. The Hall–Kier alpha value is -2.54. The Morgan fingerprint density at radius 3 is 2.38 bits per heavy atom. The number of amides is 1. The molecule has 0 saturated heterocycles. The Kier molecular flexibility index (Phi) is 5.92. The number of benzene rings is 2. The van der Waals surface area contributed by atoms with Crippen molar-refractivity contribution in [1.29, 1.82) is 0 Å². The van der Waals surface area contributed by atoms with Crippen LogP contribution in [0.25, 0.3) is 0 Å². The zero-order valence-corrected chi connectivity index (χ0v) is 14.4. The molecule has 0 saturated carbocycles. The Bertz CT molecular complexity index is 755. The summed E-state index contributed by atoms with van der Waals surface area (Å²) in [6, 6.07) is 11.3. The average Bonchev–Trinajstić information content (AvgIpc) is 2.59. The van der Waals surface area contributed by atoms with Crippen molar-refractivity contribution in [3.63, 3.8) is 0 Å². The third-order valence-corrected chi connectivity index (χ3v) is 3.83. The van der Waals surface area contributed by atoms with Crippen molar-refractivity contribution in [2.24, 2.45) is 0 Å². The Labute approximate surface area is 149 Å². The molecule has 0 aliphatic carbocycles. The first kappa shape index (κ1) is 19.8. The Morgan fingerprint density at radius 1 is 1.15 bits per heavy atom. The molecule has 0 bridgehead atoms.